The second-order valence-corrected chi connectivity index (χ2v) is 6.64. The summed E-state index contributed by atoms with van der Waals surface area (Å²) in [6, 6.07) is 7.08. The van der Waals surface area contributed by atoms with E-state index in [2.05, 4.69) is 4.98 Å². The van der Waals surface area contributed by atoms with Crippen LogP contribution in [-0.2, 0) is 14.3 Å². The molecule has 1 fully saturated rings. The number of morpholine rings is 1. The topological polar surface area (TPSA) is 96.9 Å². The number of aromatic nitrogens is 2. The molecule has 1 saturated heterocycles. The Morgan fingerprint density at radius 1 is 1.39 bits per heavy atom. The van der Waals surface area contributed by atoms with E-state index < -0.39 is 5.97 Å². The smallest absolute Gasteiger partial charge is 0.348 e. The maximum absolute atomic E-state index is 13.1. The molecule has 2 atom stereocenters. The number of ether oxygens (including phenoxy) is 2. The Morgan fingerprint density at radius 2 is 2.11 bits per heavy atom. The number of hydrogen-bond acceptors (Lipinski definition) is 7. The molecule has 0 aliphatic carbocycles. The highest BCUT2D eigenvalue weighted by Crippen LogP contribution is 2.23. The zero-order chi connectivity index (χ0) is 20.3. The van der Waals surface area contributed by atoms with Crippen molar-refractivity contribution in [3.8, 4) is 6.07 Å². The van der Waals surface area contributed by atoms with Crippen molar-refractivity contribution in [3.05, 3.63) is 45.9 Å². The van der Waals surface area contributed by atoms with Crippen molar-refractivity contribution in [3.63, 3.8) is 0 Å². The number of fused-ring (bicyclic) bond motifs is 1. The van der Waals surface area contributed by atoms with Gasteiger partial charge in [0.25, 0.3) is 5.56 Å². The van der Waals surface area contributed by atoms with Gasteiger partial charge in [0.05, 0.1) is 24.4 Å². The number of carbonyl (C=O) groups is 1. The Bertz CT molecular complexity index is 1010. The van der Waals surface area contributed by atoms with Crippen molar-refractivity contribution in [1.82, 2.24) is 9.38 Å². The Kier molecular flexibility index (Phi) is 5.76. The van der Waals surface area contributed by atoms with E-state index in [1.165, 1.54) is 10.5 Å². The average Bonchev–Trinajstić information content (AvgIpc) is 2.66. The minimum Gasteiger partial charge on any atom is -0.462 e. The van der Waals surface area contributed by atoms with Gasteiger partial charge in [-0.1, -0.05) is 6.07 Å². The highest BCUT2D eigenvalue weighted by molar-refractivity contribution is 5.98. The fourth-order valence-electron chi connectivity index (χ4n) is 3.30. The molecule has 0 saturated carbocycles. The number of nitriles is 1. The van der Waals surface area contributed by atoms with Crippen molar-refractivity contribution in [2.45, 2.75) is 33.0 Å². The first kappa shape index (κ1) is 19.6. The van der Waals surface area contributed by atoms with Gasteiger partial charge in [-0.3, -0.25) is 9.20 Å². The van der Waals surface area contributed by atoms with Crippen LogP contribution in [0.1, 0.15) is 26.3 Å². The highest BCUT2D eigenvalue weighted by Gasteiger charge is 2.27. The van der Waals surface area contributed by atoms with Crippen LogP contribution in [0.4, 0.5) is 5.82 Å². The molecule has 146 valence electrons. The van der Waals surface area contributed by atoms with Crippen molar-refractivity contribution in [2.24, 2.45) is 0 Å². The van der Waals surface area contributed by atoms with Gasteiger partial charge in [0.1, 0.15) is 23.1 Å². The molecule has 0 bridgehead atoms. The fourth-order valence-corrected chi connectivity index (χ4v) is 3.30. The number of nitrogens with zero attached hydrogens (tertiary/aromatic N) is 4. The molecule has 1 aliphatic heterocycles. The Hall–Kier alpha value is -3.18. The number of pyridine rings is 1. The molecule has 0 unspecified atom stereocenters. The summed E-state index contributed by atoms with van der Waals surface area (Å²) in [4.78, 5) is 31.8. The molecule has 2 aromatic heterocycles. The minimum absolute atomic E-state index is 0.0444. The Balaban J connectivity index is 2.21. The van der Waals surface area contributed by atoms with Crippen molar-refractivity contribution in [1.29, 1.82) is 5.26 Å². The summed E-state index contributed by atoms with van der Waals surface area (Å²) in [6.45, 7) is 6.78. The lowest BCUT2D eigenvalue weighted by Crippen LogP contribution is -2.46. The molecule has 0 amide bonds. The lowest BCUT2D eigenvalue weighted by Gasteiger charge is -2.36. The Morgan fingerprint density at radius 3 is 2.75 bits per heavy atom. The van der Waals surface area contributed by atoms with Gasteiger partial charge in [0.2, 0.25) is 0 Å². The van der Waals surface area contributed by atoms with Gasteiger partial charge >= 0.3 is 5.97 Å². The molecule has 8 heteroatoms. The molecule has 3 rings (SSSR count). The number of esters is 1. The molecule has 0 radical (unpaired) electrons. The summed E-state index contributed by atoms with van der Waals surface area (Å²) in [5.74, 6) is -0.340. The quantitative estimate of drug-likeness (QED) is 0.452. The van der Waals surface area contributed by atoms with Crippen LogP contribution in [0.5, 0.6) is 0 Å². The number of carbonyl (C=O) groups excluding carboxylic acids is 1. The van der Waals surface area contributed by atoms with Crippen LogP contribution in [-0.4, -0.2) is 47.3 Å². The number of anilines is 1. The average molecular weight is 382 g/mol. The molecule has 1 aliphatic rings. The van der Waals surface area contributed by atoms with Crippen LogP contribution in [0.2, 0.25) is 0 Å². The normalized spacial score (nSPS) is 20.1. The van der Waals surface area contributed by atoms with Gasteiger partial charge in [0.15, 0.2) is 0 Å². The van der Waals surface area contributed by atoms with Crippen LogP contribution in [0.15, 0.2) is 34.8 Å². The first-order valence-electron chi connectivity index (χ1n) is 9.15. The first-order chi connectivity index (χ1) is 13.4. The maximum atomic E-state index is 13.1. The van der Waals surface area contributed by atoms with Crippen molar-refractivity contribution >= 4 is 23.5 Å². The SMILES string of the molecule is CCOC(=O)/C(C#N)=C/c1c(N2C[C@@H](C)O[C@@H](C)C2)nc2ccccn2c1=O. The van der Waals surface area contributed by atoms with Crippen LogP contribution in [0.25, 0.3) is 11.7 Å². The monoisotopic (exact) mass is 382 g/mol. The lowest BCUT2D eigenvalue weighted by molar-refractivity contribution is -0.137. The van der Waals surface area contributed by atoms with Gasteiger partial charge in [-0.05, 0) is 39.0 Å². The van der Waals surface area contributed by atoms with E-state index in [1.54, 1.807) is 31.3 Å². The summed E-state index contributed by atoms with van der Waals surface area (Å²) in [5.41, 5.74) is 0.0624. The highest BCUT2D eigenvalue weighted by atomic mass is 16.5. The molecular weight excluding hydrogens is 360 g/mol. The van der Waals surface area contributed by atoms with Gasteiger partial charge in [-0.15, -0.1) is 0 Å². The van der Waals surface area contributed by atoms with Crippen LogP contribution in [0, 0.1) is 11.3 Å². The van der Waals surface area contributed by atoms with E-state index >= 15 is 0 Å². The summed E-state index contributed by atoms with van der Waals surface area (Å²) in [5, 5.41) is 9.39. The molecule has 3 heterocycles. The zero-order valence-corrected chi connectivity index (χ0v) is 16.1. The van der Waals surface area contributed by atoms with Crippen LogP contribution >= 0.6 is 0 Å². The Labute approximate surface area is 162 Å². The molecular formula is C20H22N4O4. The van der Waals surface area contributed by atoms with Gasteiger partial charge < -0.3 is 14.4 Å². The summed E-state index contributed by atoms with van der Waals surface area (Å²) >= 11 is 0. The fraction of sp³-hybridized carbons (Fsp3) is 0.400. The second-order valence-electron chi connectivity index (χ2n) is 6.64. The third-order valence-electron chi connectivity index (χ3n) is 4.37. The number of hydrogen-bond donors (Lipinski definition) is 0. The maximum Gasteiger partial charge on any atom is 0.348 e. The van der Waals surface area contributed by atoms with Crippen LogP contribution in [0.3, 0.4) is 0 Å². The van der Waals surface area contributed by atoms with E-state index in [-0.39, 0.29) is 35.5 Å². The standard InChI is InChI=1S/C20H22N4O4/c1-4-27-20(26)15(10-21)9-16-18(23-11-13(2)28-14(3)12-23)22-17-7-5-6-8-24(17)19(16)25/h5-9,13-14H,4,11-12H2,1-3H3/b15-9+/t13-,14+. The zero-order valence-electron chi connectivity index (χ0n) is 16.1. The number of rotatable bonds is 4. The summed E-state index contributed by atoms with van der Waals surface area (Å²) in [7, 11) is 0. The van der Waals surface area contributed by atoms with E-state index in [0.717, 1.165) is 0 Å². The lowest BCUT2D eigenvalue weighted by atomic mass is 10.1. The third kappa shape index (κ3) is 3.89. The molecule has 0 aromatic carbocycles. The summed E-state index contributed by atoms with van der Waals surface area (Å²) < 4.78 is 12.1. The molecule has 0 N–H and O–H groups in total. The minimum atomic E-state index is -0.766. The molecule has 8 nitrogen and oxygen atoms in total. The van der Waals surface area contributed by atoms with E-state index in [0.29, 0.717) is 24.6 Å². The van der Waals surface area contributed by atoms with E-state index in [1.807, 2.05) is 24.8 Å². The largest absolute Gasteiger partial charge is 0.462 e. The van der Waals surface area contributed by atoms with Crippen molar-refractivity contribution < 1.29 is 14.3 Å². The predicted octanol–water partition coefficient (Wildman–Crippen LogP) is 1.78. The van der Waals surface area contributed by atoms with Crippen molar-refractivity contribution in [2.75, 3.05) is 24.6 Å². The van der Waals surface area contributed by atoms with E-state index in [4.69, 9.17) is 9.47 Å². The second kappa shape index (κ2) is 8.23. The van der Waals surface area contributed by atoms with Gasteiger partial charge in [-0.2, -0.15) is 5.26 Å². The van der Waals surface area contributed by atoms with Crippen LogP contribution < -0.4 is 10.5 Å². The molecule has 0 spiro atoms. The summed E-state index contributed by atoms with van der Waals surface area (Å²) in [6.07, 6.45) is 2.79. The first-order valence-corrected chi connectivity index (χ1v) is 9.15. The van der Waals surface area contributed by atoms with E-state index in [9.17, 15) is 14.9 Å². The van der Waals surface area contributed by atoms with Gasteiger partial charge in [-0.25, -0.2) is 9.78 Å². The molecule has 28 heavy (non-hydrogen) atoms. The molecule has 2 aromatic rings. The third-order valence-corrected chi connectivity index (χ3v) is 4.37. The predicted molar refractivity (Wildman–Crippen MR) is 104 cm³/mol. The van der Waals surface area contributed by atoms with Gasteiger partial charge in [0, 0.05) is 19.3 Å².